The number of ether oxygens (including phenoxy) is 1. The van der Waals surface area contributed by atoms with E-state index in [1.165, 1.54) is 0 Å². The molecule has 1 aromatic carbocycles. The van der Waals surface area contributed by atoms with Crippen LogP contribution in [0.4, 0.5) is 10.5 Å². The van der Waals surface area contributed by atoms with Crippen LogP contribution in [-0.4, -0.2) is 61.6 Å². The first-order chi connectivity index (χ1) is 12.1. The molecule has 6 heteroatoms. The topological polar surface area (TPSA) is 53.1 Å². The van der Waals surface area contributed by atoms with Crippen LogP contribution >= 0.6 is 0 Å². The van der Waals surface area contributed by atoms with Gasteiger partial charge in [-0.15, -0.1) is 0 Å². The Morgan fingerprint density at radius 3 is 2.68 bits per heavy atom. The van der Waals surface area contributed by atoms with Gasteiger partial charge in [0.1, 0.15) is 5.75 Å². The molecule has 0 radical (unpaired) electrons. The zero-order chi connectivity index (χ0) is 17.4. The highest BCUT2D eigenvalue weighted by molar-refractivity contribution is 5.96. The molecule has 3 aliphatic heterocycles. The van der Waals surface area contributed by atoms with Crippen LogP contribution in [0.15, 0.2) is 24.3 Å². The third kappa shape index (κ3) is 2.94. The van der Waals surface area contributed by atoms with Crippen LogP contribution in [0.5, 0.6) is 5.75 Å². The number of urea groups is 1. The van der Waals surface area contributed by atoms with E-state index in [1.807, 2.05) is 39.0 Å². The minimum Gasteiger partial charge on any atom is -0.497 e. The summed E-state index contributed by atoms with van der Waals surface area (Å²) in [6.07, 6.45) is 3.63. The summed E-state index contributed by atoms with van der Waals surface area (Å²) in [7, 11) is 1.63. The fourth-order valence-electron chi connectivity index (χ4n) is 4.39. The molecule has 6 nitrogen and oxygen atoms in total. The molecule has 0 saturated carbocycles. The molecular weight excluding hydrogens is 318 g/mol. The first-order valence-electron chi connectivity index (χ1n) is 9.09. The number of methoxy groups -OCH3 is 1. The number of carbonyl (C=O) groups is 2. The number of likely N-dealkylation sites (tertiary alicyclic amines) is 2. The summed E-state index contributed by atoms with van der Waals surface area (Å²) in [5.41, 5.74) is 0.778. The van der Waals surface area contributed by atoms with Crippen molar-refractivity contribution in [2.45, 2.75) is 25.7 Å². The van der Waals surface area contributed by atoms with E-state index in [9.17, 15) is 9.59 Å². The van der Waals surface area contributed by atoms with E-state index >= 15 is 0 Å². The van der Waals surface area contributed by atoms with Crippen molar-refractivity contribution < 1.29 is 14.3 Å². The fraction of sp³-hybridized carbons (Fsp3) is 0.579. The SMILES string of the molecule is COc1cccc(N2C[C@]3(CCN(C(=O)N4CCCC4)C3)CC2=O)c1. The lowest BCUT2D eigenvalue weighted by Gasteiger charge is -2.27. The maximum Gasteiger partial charge on any atom is 0.320 e. The van der Waals surface area contributed by atoms with Gasteiger partial charge in [-0.3, -0.25) is 4.79 Å². The fourth-order valence-corrected chi connectivity index (χ4v) is 4.39. The van der Waals surface area contributed by atoms with Gasteiger partial charge in [-0.2, -0.15) is 0 Å². The maximum atomic E-state index is 12.6. The highest BCUT2D eigenvalue weighted by Gasteiger charge is 2.49. The van der Waals surface area contributed by atoms with Crippen molar-refractivity contribution in [1.82, 2.24) is 9.80 Å². The summed E-state index contributed by atoms with van der Waals surface area (Å²) in [6.45, 7) is 3.88. The Balaban J connectivity index is 1.47. The molecule has 25 heavy (non-hydrogen) atoms. The van der Waals surface area contributed by atoms with Crippen LogP contribution in [0.1, 0.15) is 25.7 Å². The van der Waals surface area contributed by atoms with Gasteiger partial charge in [-0.1, -0.05) is 6.07 Å². The summed E-state index contributed by atoms with van der Waals surface area (Å²) < 4.78 is 5.28. The van der Waals surface area contributed by atoms with Gasteiger partial charge in [-0.25, -0.2) is 4.79 Å². The molecule has 1 atom stereocenters. The second kappa shape index (κ2) is 6.24. The van der Waals surface area contributed by atoms with E-state index in [0.717, 1.165) is 50.3 Å². The number of hydrogen-bond acceptors (Lipinski definition) is 3. The number of carbonyl (C=O) groups excluding carboxylic acids is 2. The Labute approximate surface area is 148 Å². The normalized spacial score (nSPS) is 26.1. The summed E-state index contributed by atoms with van der Waals surface area (Å²) in [5, 5.41) is 0. The molecule has 3 fully saturated rings. The van der Waals surface area contributed by atoms with E-state index in [-0.39, 0.29) is 17.4 Å². The Morgan fingerprint density at radius 1 is 1.12 bits per heavy atom. The van der Waals surface area contributed by atoms with Crippen LogP contribution in [0, 0.1) is 5.41 Å². The number of benzene rings is 1. The van der Waals surface area contributed by atoms with Crippen molar-refractivity contribution in [2.75, 3.05) is 44.7 Å². The van der Waals surface area contributed by atoms with Gasteiger partial charge in [-0.05, 0) is 31.4 Å². The van der Waals surface area contributed by atoms with Gasteiger partial charge in [0.2, 0.25) is 5.91 Å². The van der Waals surface area contributed by atoms with Crippen molar-refractivity contribution in [2.24, 2.45) is 5.41 Å². The summed E-state index contributed by atoms with van der Waals surface area (Å²) in [4.78, 5) is 31.0. The van der Waals surface area contributed by atoms with Gasteiger partial charge >= 0.3 is 6.03 Å². The van der Waals surface area contributed by atoms with Crippen molar-refractivity contribution in [3.05, 3.63) is 24.3 Å². The van der Waals surface area contributed by atoms with Gasteiger partial charge in [0.05, 0.1) is 7.11 Å². The Kier molecular flexibility index (Phi) is 4.06. The zero-order valence-corrected chi connectivity index (χ0v) is 14.7. The first kappa shape index (κ1) is 16.2. The molecule has 0 unspecified atom stereocenters. The lowest BCUT2D eigenvalue weighted by atomic mass is 9.86. The molecule has 1 aromatic rings. The predicted molar refractivity (Wildman–Crippen MR) is 94.8 cm³/mol. The standard InChI is InChI=1S/C19H25N3O3/c1-25-16-6-4-5-15(11-16)22-14-19(12-17(22)23)7-10-21(13-19)18(24)20-8-2-3-9-20/h4-6,11H,2-3,7-10,12-14H2,1H3/t19-/m1/s1. The third-order valence-electron chi connectivity index (χ3n) is 5.77. The lowest BCUT2D eigenvalue weighted by Crippen LogP contribution is -2.42. The van der Waals surface area contributed by atoms with E-state index < -0.39 is 0 Å². The molecule has 0 N–H and O–H groups in total. The number of nitrogens with zero attached hydrogens (tertiary/aromatic N) is 3. The van der Waals surface area contributed by atoms with Crippen molar-refractivity contribution in [1.29, 1.82) is 0 Å². The smallest absolute Gasteiger partial charge is 0.320 e. The second-order valence-electron chi connectivity index (χ2n) is 7.51. The molecule has 4 rings (SSSR count). The summed E-state index contributed by atoms with van der Waals surface area (Å²) in [6, 6.07) is 7.79. The minimum absolute atomic E-state index is 0.102. The van der Waals surface area contributed by atoms with E-state index in [2.05, 4.69) is 0 Å². The average Bonchev–Trinajstić information content (AvgIpc) is 3.36. The quantitative estimate of drug-likeness (QED) is 0.828. The Hall–Kier alpha value is -2.24. The molecular formula is C19H25N3O3. The maximum absolute atomic E-state index is 12.6. The van der Waals surface area contributed by atoms with Gasteiger partial charge < -0.3 is 19.4 Å². The Morgan fingerprint density at radius 2 is 1.92 bits per heavy atom. The largest absolute Gasteiger partial charge is 0.497 e. The molecule has 0 bridgehead atoms. The third-order valence-corrected chi connectivity index (χ3v) is 5.77. The highest BCUT2D eigenvalue weighted by atomic mass is 16.5. The van der Waals surface area contributed by atoms with Crippen LogP contribution in [0.3, 0.4) is 0 Å². The van der Waals surface area contributed by atoms with Crippen LogP contribution in [0.2, 0.25) is 0 Å². The van der Waals surface area contributed by atoms with Gasteiger partial charge in [0, 0.05) is 56.3 Å². The molecule has 3 amide bonds. The molecule has 3 saturated heterocycles. The number of rotatable bonds is 2. The van der Waals surface area contributed by atoms with Gasteiger partial charge in [0.15, 0.2) is 0 Å². The zero-order valence-electron chi connectivity index (χ0n) is 14.7. The number of amides is 3. The Bertz CT molecular complexity index is 686. The first-order valence-corrected chi connectivity index (χ1v) is 9.09. The monoisotopic (exact) mass is 343 g/mol. The van der Waals surface area contributed by atoms with Crippen molar-refractivity contribution >= 4 is 17.6 Å². The summed E-state index contributed by atoms with van der Waals surface area (Å²) in [5.74, 6) is 0.896. The molecule has 0 aromatic heterocycles. The van der Waals surface area contributed by atoms with Crippen molar-refractivity contribution in [3.63, 3.8) is 0 Å². The van der Waals surface area contributed by atoms with Crippen LogP contribution < -0.4 is 9.64 Å². The van der Waals surface area contributed by atoms with Crippen molar-refractivity contribution in [3.8, 4) is 5.75 Å². The minimum atomic E-state index is -0.102. The van der Waals surface area contributed by atoms with Crippen LogP contribution in [-0.2, 0) is 4.79 Å². The number of anilines is 1. The van der Waals surface area contributed by atoms with E-state index in [0.29, 0.717) is 19.5 Å². The van der Waals surface area contributed by atoms with E-state index in [4.69, 9.17) is 4.74 Å². The average molecular weight is 343 g/mol. The lowest BCUT2D eigenvalue weighted by molar-refractivity contribution is -0.117. The predicted octanol–water partition coefficient (Wildman–Crippen LogP) is 2.34. The summed E-state index contributed by atoms with van der Waals surface area (Å²) >= 11 is 0. The number of hydrogen-bond donors (Lipinski definition) is 0. The van der Waals surface area contributed by atoms with Gasteiger partial charge in [0.25, 0.3) is 0 Å². The molecule has 3 heterocycles. The highest BCUT2D eigenvalue weighted by Crippen LogP contribution is 2.42. The van der Waals surface area contributed by atoms with E-state index in [1.54, 1.807) is 7.11 Å². The molecule has 1 spiro atoms. The molecule has 3 aliphatic rings. The molecule has 0 aliphatic carbocycles. The second-order valence-corrected chi connectivity index (χ2v) is 7.51. The van der Waals surface area contributed by atoms with Crippen LogP contribution in [0.25, 0.3) is 0 Å². The molecule has 134 valence electrons.